The van der Waals surface area contributed by atoms with Gasteiger partial charge in [-0.1, -0.05) is 18.2 Å². The van der Waals surface area contributed by atoms with Crippen molar-refractivity contribution < 1.29 is 14.3 Å². The molecule has 29 heavy (non-hydrogen) atoms. The van der Waals surface area contributed by atoms with E-state index in [-0.39, 0.29) is 12.3 Å². The Hall–Kier alpha value is -3.87. The topological polar surface area (TPSA) is 89.1 Å². The van der Waals surface area contributed by atoms with Gasteiger partial charge in [-0.05, 0) is 41.5 Å². The van der Waals surface area contributed by atoms with Crippen LogP contribution in [0.4, 0.5) is 5.82 Å². The smallest absolute Gasteiger partial charge is 0.230 e. The summed E-state index contributed by atoms with van der Waals surface area (Å²) in [6, 6.07) is 15.4. The first-order valence-corrected chi connectivity index (χ1v) is 9.33. The minimum Gasteiger partial charge on any atom is -0.486 e. The highest BCUT2D eigenvalue weighted by Gasteiger charge is 2.15. The van der Waals surface area contributed by atoms with E-state index in [9.17, 15) is 4.79 Å². The molecule has 1 aliphatic rings. The fourth-order valence-electron chi connectivity index (χ4n) is 3.39. The number of aromatic amines is 1. The molecule has 7 heteroatoms. The summed E-state index contributed by atoms with van der Waals surface area (Å²) in [7, 11) is 0. The van der Waals surface area contributed by atoms with Crippen molar-refractivity contribution in [3.63, 3.8) is 0 Å². The molecule has 0 saturated carbocycles. The standard InChI is InChI=1S/C22H18N4O3/c27-21(11-14-3-6-19-20(10-14)29-9-8-28-19)24-22-17-5-4-15(12-18(17)25-26-22)16-2-1-7-23-13-16/h1-7,10,12-13H,8-9,11H2,(H2,24,25,26,27). The summed E-state index contributed by atoms with van der Waals surface area (Å²) in [4.78, 5) is 16.7. The predicted molar refractivity (Wildman–Crippen MR) is 109 cm³/mol. The first-order valence-electron chi connectivity index (χ1n) is 9.33. The van der Waals surface area contributed by atoms with E-state index in [0.717, 1.165) is 27.6 Å². The second-order valence-corrected chi connectivity index (χ2v) is 6.78. The van der Waals surface area contributed by atoms with Crippen molar-refractivity contribution in [3.8, 4) is 22.6 Å². The zero-order valence-electron chi connectivity index (χ0n) is 15.5. The highest BCUT2D eigenvalue weighted by molar-refractivity contribution is 6.01. The van der Waals surface area contributed by atoms with Gasteiger partial charge in [0, 0.05) is 23.3 Å². The first kappa shape index (κ1) is 17.2. The first-order chi connectivity index (χ1) is 14.3. The number of ether oxygens (including phenoxy) is 2. The van der Waals surface area contributed by atoms with Crippen LogP contribution < -0.4 is 14.8 Å². The molecule has 144 valence electrons. The molecule has 0 saturated heterocycles. The maximum absolute atomic E-state index is 12.5. The Balaban J connectivity index is 1.33. The number of benzene rings is 2. The van der Waals surface area contributed by atoms with E-state index in [2.05, 4.69) is 20.5 Å². The van der Waals surface area contributed by atoms with Crippen molar-refractivity contribution in [2.75, 3.05) is 18.5 Å². The minimum absolute atomic E-state index is 0.147. The maximum Gasteiger partial charge on any atom is 0.230 e. The Morgan fingerprint density at radius 3 is 2.79 bits per heavy atom. The van der Waals surface area contributed by atoms with Crippen molar-refractivity contribution in [2.24, 2.45) is 0 Å². The van der Waals surface area contributed by atoms with Crippen LogP contribution in [0.5, 0.6) is 11.5 Å². The lowest BCUT2D eigenvalue weighted by molar-refractivity contribution is -0.115. The maximum atomic E-state index is 12.5. The van der Waals surface area contributed by atoms with Gasteiger partial charge in [-0.25, -0.2) is 0 Å². The number of nitrogens with zero attached hydrogens (tertiary/aromatic N) is 2. The summed E-state index contributed by atoms with van der Waals surface area (Å²) in [5.74, 6) is 1.75. The molecule has 1 aliphatic heterocycles. The molecule has 0 fully saturated rings. The Morgan fingerprint density at radius 1 is 1.03 bits per heavy atom. The van der Waals surface area contributed by atoms with E-state index in [1.165, 1.54) is 0 Å². The molecule has 2 N–H and O–H groups in total. The second-order valence-electron chi connectivity index (χ2n) is 6.78. The van der Waals surface area contributed by atoms with Gasteiger partial charge in [0.15, 0.2) is 17.3 Å². The van der Waals surface area contributed by atoms with E-state index in [1.54, 1.807) is 6.20 Å². The average Bonchev–Trinajstić information content (AvgIpc) is 3.16. The van der Waals surface area contributed by atoms with E-state index in [4.69, 9.17) is 9.47 Å². The number of carbonyl (C=O) groups is 1. The highest BCUT2D eigenvalue weighted by atomic mass is 16.6. The molecular weight excluding hydrogens is 368 g/mol. The van der Waals surface area contributed by atoms with Crippen molar-refractivity contribution in [2.45, 2.75) is 6.42 Å². The fraction of sp³-hybridized carbons (Fsp3) is 0.136. The number of hydrogen-bond donors (Lipinski definition) is 2. The van der Waals surface area contributed by atoms with Crippen LogP contribution in [0.25, 0.3) is 22.0 Å². The van der Waals surface area contributed by atoms with Gasteiger partial charge < -0.3 is 14.8 Å². The van der Waals surface area contributed by atoms with Gasteiger partial charge in [-0.2, -0.15) is 5.10 Å². The quantitative estimate of drug-likeness (QED) is 0.560. The van der Waals surface area contributed by atoms with Crippen molar-refractivity contribution >= 4 is 22.6 Å². The number of H-pyrrole nitrogens is 1. The molecule has 0 unspecified atom stereocenters. The normalized spacial score (nSPS) is 12.7. The van der Waals surface area contributed by atoms with Crippen LogP contribution in [0.3, 0.4) is 0 Å². The molecule has 3 heterocycles. The third-order valence-corrected chi connectivity index (χ3v) is 4.79. The Morgan fingerprint density at radius 2 is 1.93 bits per heavy atom. The predicted octanol–water partition coefficient (Wildman–Crippen LogP) is 3.58. The SMILES string of the molecule is O=C(Cc1ccc2c(c1)OCCO2)Nc1n[nH]c2cc(-c3cccnc3)ccc12. The third kappa shape index (κ3) is 3.50. The van der Waals surface area contributed by atoms with Crippen LogP contribution in [0.1, 0.15) is 5.56 Å². The summed E-state index contributed by atoms with van der Waals surface area (Å²) < 4.78 is 11.1. The molecule has 1 amide bonds. The number of anilines is 1. The number of aromatic nitrogens is 3. The van der Waals surface area contributed by atoms with Gasteiger partial charge in [-0.15, -0.1) is 0 Å². The van der Waals surface area contributed by atoms with Gasteiger partial charge in [0.1, 0.15) is 13.2 Å². The van der Waals surface area contributed by atoms with E-state index in [0.29, 0.717) is 30.5 Å². The Bertz CT molecular complexity index is 1190. The van der Waals surface area contributed by atoms with E-state index >= 15 is 0 Å². The molecule has 2 aromatic heterocycles. The Labute approximate surface area is 166 Å². The highest BCUT2D eigenvalue weighted by Crippen LogP contribution is 2.31. The zero-order valence-corrected chi connectivity index (χ0v) is 15.5. The summed E-state index contributed by atoms with van der Waals surface area (Å²) in [6.45, 7) is 1.06. The van der Waals surface area contributed by atoms with Crippen molar-refractivity contribution in [3.05, 3.63) is 66.5 Å². The number of amides is 1. The van der Waals surface area contributed by atoms with Crippen molar-refractivity contribution in [1.29, 1.82) is 0 Å². The van der Waals surface area contributed by atoms with Crippen LogP contribution in [0, 0.1) is 0 Å². The molecule has 5 rings (SSSR count). The van der Waals surface area contributed by atoms with Gasteiger partial charge in [-0.3, -0.25) is 14.9 Å². The molecule has 0 bridgehead atoms. The lowest BCUT2D eigenvalue weighted by Gasteiger charge is -2.18. The molecule has 0 radical (unpaired) electrons. The minimum atomic E-state index is -0.147. The summed E-state index contributed by atoms with van der Waals surface area (Å²) >= 11 is 0. The molecule has 0 atom stereocenters. The molecular formula is C22H18N4O3. The monoisotopic (exact) mass is 386 g/mol. The summed E-state index contributed by atoms with van der Waals surface area (Å²) in [6.07, 6.45) is 3.78. The zero-order chi connectivity index (χ0) is 19.6. The number of fused-ring (bicyclic) bond motifs is 2. The van der Waals surface area contributed by atoms with Gasteiger partial charge in [0.25, 0.3) is 0 Å². The van der Waals surface area contributed by atoms with Crippen LogP contribution in [-0.4, -0.2) is 34.3 Å². The lowest BCUT2D eigenvalue weighted by Crippen LogP contribution is -2.17. The third-order valence-electron chi connectivity index (χ3n) is 4.79. The number of nitrogens with one attached hydrogen (secondary N) is 2. The molecule has 2 aromatic carbocycles. The lowest BCUT2D eigenvalue weighted by atomic mass is 10.1. The van der Waals surface area contributed by atoms with Crippen molar-refractivity contribution in [1.82, 2.24) is 15.2 Å². The van der Waals surface area contributed by atoms with E-state index in [1.807, 2.05) is 54.7 Å². The van der Waals surface area contributed by atoms with E-state index < -0.39 is 0 Å². The Kier molecular flexibility index (Phi) is 4.32. The fourth-order valence-corrected chi connectivity index (χ4v) is 3.39. The second kappa shape index (κ2) is 7.27. The molecule has 7 nitrogen and oxygen atoms in total. The van der Waals surface area contributed by atoms with Crippen LogP contribution in [0.15, 0.2) is 60.9 Å². The van der Waals surface area contributed by atoms with Gasteiger partial charge in [0.05, 0.1) is 11.9 Å². The number of carbonyl (C=O) groups excluding carboxylic acids is 1. The molecule has 0 aliphatic carbocycles. The summed E-state index contributed by atoms with van der Waals surface area (Å²) in [5, 5.41) is 11.0. The largest absolute Gasteiger partial charge is 0.486 e. The van der Waals surface area contributed by atoms with Gasteiger partial charge in [0.2, 0.25) is 5.91 Å². The van der Waals surface area contributed by atoms with Crippen LogP contribution in [-0.2, 0) is 11.2 Å². The number of hydrogen-bond acceptors (Lipinski definition) is 5. The van der Waals surface area contributed by atoms with Gasteiger partial charge >= 0.3 is 0 Å². The van der Waals surface area contributed by atoms with Crippen LogP contribution in [0.2, 0.25) is 0 Å². The molecule has 4 aromatic rings. The molecule has 0 spiro atoms. The summed E-state index contributed by atoms with van der Waals surface area (Å²) in [5.41, 5.74) is 3.75. The van der Waals surface area contributed by atoms with Crippen LogP contribution >= 0.6 is 0 Å². The average molecular weight is 386 g/mol. The number of pyridine rings is 1. The number of rotatable bonds is 4.